The Kier molecular flexibility index (Phi) is 4.29. The molecule has 0 radical (unpaired) electrons. The van der Waals surface area contributed by atoms with Gasteiger partial charge < -0.3 is 0 Å². The van der Waals surface area contributed by atoms with Crippen LogP contribution in [0.2, 0.25) is 0 Å². The summed E-state index contributed by atoms with van der Waals surface area (Å²) in [7, 11) is -3.61. The minimum absolute atomic E-state index is 0.0215. The van der Waals surface area contributed by atoms with Crippen LogP contribution in [0.1, 0.15) is 5.56 Å². The van der Waals surface area contributed by atoms with Crippen molar-refractivity contribution in [2.75, 3.05) is 5.75 Å². The van der Waals surface area contributed by atoms with Gasteiger partial charge in [0.15, 0.2) is 15.6 Å². The lowest BCUT2D eigenvalue weighted by Gasteiger charge is -2.04. The molecule has 0 bridgehead atoms. The van der Waals surface area contributed by atoms with Crippen molar-refractivity contribution in [3.8, 4) is 0 Å². The molecule has 0 spiro atoms. The Morgan fingerprint density at radius 1 is 0.950 bits per heavy atom. The molecular weight excluding hydrogens is 279 g/mol. The zero-order valence-corrected chi connectivity index (χ0v) is 11.4. The summed E-state index contributed by atoms with van der Waals surface area (Å²) in [5.74, 6) is -1.35. The molecule has 0 heterocycles. The van der Waals surface area contributed by atoms with Crippen LogP contribution in [0.5, 0.6) is 0 Å². The van der Waals surface area contributed by atoms with Crippen molar-refractivity contribution >= 4 is 15.6 Å². The van der Waals surface area contributed by atoms with Crippen molar-refractivity contribution in [2.45, 2.75) is 11.3 Å². The molecule has 0 saturated heterocycles. The van der Waals surface area contributed by atoms with Gasteiger partial charge in [-0.1, -0.05) is 30.3 Å². The number of rotatable bonds is 5. The quantitative estimate of drug-likeness (QED) is 0.850. The van der Waals surface area contributed by atoms with E-state index >= 15 is 0 Å². The molecule has 2 aromatic rings. The fourth-order valence-corrected chi connectivity index (χ4v) is 3.07. The molecular formula is C15H13FO3S. The topological polar surface area (TPSA) is 51.2 Å². The molecule has 20 heavy (non-hydrogen) atoms. The number of halogens is 1. The van der Waals surface area contributed by atoms with Crippen molar-refractivity contribution in [3.05, 3.63) is 66.0 Å². The van der Waals surface area contributed by atoms with Crippen LogP contribution in [0.15, 0.2) is 59.5 Å². The van der Waals surface area contributed by atoms with Crippen LogP contribution < -0.4 is 0 Å². The van der Waals surface area contributed by atoms with Gasteiger partial charge in [0, 0.05) is 6.42 Å². The number of benzene rings is 2. The lowest BCUT2D eigenvalue weighted by Crippen LogP contribution is -2.18. The van der Waals surface area contributed by atoms with Gasteiger partial charge >= 0.3 is 0 Å². The summed E-state index contributed by atoms with van der Waals surface area (Å²) in [6, 6.07) is 13.3. The van der Waals surface area contributed by atoms with Gasteiger partial charge in [0.2, 0.25) is 0 Å². The Hall–Kier alpha value is -2.01. The molecule has 3 nitrogen and oxygen atoms in total. The highest BCUT2D eigenvalue weighted by molar-refractivity contribution is 7.92. The number of carbonyl (C=O) groups excluding carboxylic acids is 1. The van der Waals surface area contributed by atoms with Crippen LogP contribution in [0.3, 0.4) is 0 Å². The number of carbonyl (C=O) groups is 1. The third kappa shape index (κ3) is 3.74. The van der Waals surface area contributed by atoms with E-state index in [0.717, 1.165) is 0 Å². The molecule has 0 aliphatic rings. The molecule has 0 unspecified atom stereocenters. The maximum Gasteiger partial charge on any atom is 0.185 e. The first-order valence-electron chi connectivity index (χ1n) is 6.01. The van der Waals surface area contributed by atoms with Crippen molar-refractivity contribution in [3.63, 3.8) is 0 Å². The fraction of sp³-hybridized carbons (Fsp3) is 0.133. The van der Waals surface area contributed by atoms with Gasteiger partial charge in [-0.15, -0.1) is 0 Å². The summed E-state index contributed by atoms with van der Waals surface area (Å²) in [4.78, 5) is 11.9. The van der Waals surface area contributed by atoms with Crippen molar-refractivity contribution in [1.29, 1.82) is 0 Å². The first-order valence-corrected chi connectivity index (χ1v) is 7.66. The molecule has 5 heteroatoms. The van der Waals surface area contributed by atoms with E-state index in [2.05, 4.69) is 0 Å². The van der Waals surface area contributed by atoms with Crippen molar-refractivity contribution < 1.29 is 17.6 Å². The second kappa shape index (κ2) is 5.96. The van der Waals surface area contributed by atoms with Gasteiger partial charge in [0.1, 0.15) is 11.6 Å². The Morgan fingerprint density at radius 2 is 1.55 bits per heavy atom. The van der Waals surface area contributed by atoms with Crippen molar-refractivity contribution in [1.82, 2.24) is 0 Å². The van der Waals surface area contributed by atoms with E-state index in [0.29, 0.717) is 5.56 Å². The van der Waals surface area contributed by atoms with Crippen LogP contribution >= 0.6 is 0 Å². The number of sulfone groups is 1. The van der Waals surface area contributed by atoms with E-state index in [1.807, 2.05) is 0 Å². The van der Waals surface area contributed by atoms with Gasteiger partial charge in [-0.05, 0) is 29.8 Å². The van der Waals surface area contributed by atoms with E-state index in [-0.39, 0.29) is 11.3 Å². The second-order valence-electron chi connectivity index (χ2n) is 4.41. The van der Waals surface area contributed by atoms with Gasteiger partial charge in [0.25, 0.3) is 0 Å². The lowest BCUT2D eigenvalue weighted by molar-refractivity contribution is -0.116. The maximum atomic E-state index is 12.7. The average molecular weight is 292 g/mol. The molecule has 0 atom stereocenters. The predicted molar refractivity (Wildman–Crippen MR) is 73.6 cm³/mol. The van der Waals surface area contributed by atoms with E-state index < -0.39 is 27.2 Å². The van der Waals surface area contributed by atoms with E-state index in [1.165, 1.54) is 36.4 Å². The van der Waals surface area contributed by atoms with Crippen LogP contribution in [0.4, 0.5) is 4.39 Å². The second-order valence-corrected chi connectivity index (χ2v) is 6.40. The zero-order chi connectivity index (χ0) is 14.6. The zero-order valence-electron chi connectivity index (χ0n) is 10.6. The van der Waals surface area contributed by atoms with Gasteiger partial charge in [-0.25, -0.2) is 12.8 Å². The van der Waals surface area contributed by atoms with Crippen LogP contribution in [0, 0.1) is 5.82 Å². The molecule has 2 aromatic carbocycles. The van der Waals surface area contributed by atoms with E-state index in [1.54, 1.807) is 18.2 Å². The first kappa shape index (κ1) is 14.4. The van der Waals surface area contributed by atoms with E-state index in [9.17, 15) is 17.6 Å². The van der Waals surface area contributed by atoms with Crippen LogP contribution in [0.25, 0.3) is 0 Å². The third-order valence-corrected chi connectivity index (χ3v) is 4.46. The van der Waals surface area contributed by atoms with Crippen LogP contribution in [-0.4, -0.2) is 20.0 Å². The predicted octanol–water partition coefficient (Wildman–Crippen LogP) is 2.41. The van der Waals surface area contributed by atoms with Crippen molar-refractivity contribution in [2.24, 2.45) is 0 Å². The highest BCUT2D eigenvalue weighted by Gasteiger charge is 2.19. The molecule has 0 aliphatic carbocycles. The largest absolute Gasteiger partial charge is 0.298 e. The minimum atomic E-state index is -3.61. The molecule has 0 fully saturated rings. The first-order chi connectivity index (χ1) is 9.47. The monoisotopic (exact) mass is 292 g/mol. The minimum Gasteiger partial charge on any atom is -0.298 e. The number of Topliss-reactive ketones (excluding diaryl/α,β-unsaturated/α-hetero) is 1. The molecule has 0 N–H and O–H groups in total. The maximum absolute atomic E-state index is 12.7. The van der Waals surface area contributed by atoms with Crippen LogP contribution in [-0.2, 0) is 21.1 Å². The Bertz CT molecular complexity index is 692. The Labute approximate surface area is 117 Å². The number of hydrogen-bond donors (Lipinski definition) is 0. The summed E-state index contributed by atoms with van der Waals surface area (Å²) < 4.78 is 36.7. The lowest BCUT2D eigenvalue weighted by atomic mass is 10.1. The molecule has 0 aliphatic heterocycles. The summed E-state index contributed by atoms with van der Waals surface area (Å²) in [6.45, 7) is 0. The summed E-state index contributed by atoms with van der Waals surface area (Å²) in [5, 5.41) is 0. The number of hydrogen-bond acceptors (Lipinski definition) is 3. The standard InChI is InChI=1S/C15H13FO3S/c16-13-8-6-12(7-9-13)10-14(17)11-20(18,19)15-4-2-1-3-5-15/h1-9H,10-11H2. The summed E-state index contributed by atoms with van der Waals surface area (Å²) in [6.07, 6.45) is -0.0215. The third-order valence-electron chi connectivity index (χ3n) is 2.77. The highest BCUT2D eigenvalue weighted by Crippen LogP contribution is 2.11. The number of ketones is 1. The smallest absolute Gasteiger partial charge is 0.185 e. The molecule has 0 aromatic heterocycles. The van der Waals surface area contributed by atoms with E-state index in [4.69, 9.17) is 0 Å². The van der Waals surface area contributed by atoms with Gasteiger partial charge in [-0.2, -0.15) is 0 Å². The summed E-state index contributed by atoms with van der Waals surface area (Å²) in [5.41, 5.74) is 0.597. The molecule has 2 rings (SSSR count). The SMILES string of the molecule is O=C(Cc1ccc(F)cc1)CS(=O)(=O)c1ccccc1. The average Bonchev–Trinajstić information content (AvgIpc) is 2.42. The fourth-order valence-electron chi connectivity index (χ4n) is 1.80. The molecule has 0 amide bonds. The Balaban J connectivity index is 2.06. The molecule has 104 valence electrons. The summed E-state index contributed by atoms with van der Waals surface area (Å²) >= 11 is 0. The van der Waals surface area contributed by atoms with Gasteiger partial charge in [0.05, 0.1) is 4.90 Å². The van der Waals surface area contributed by atoms with Gasteiger partial charge in [-0.3, -0.25) is 4.79 Å². The molecule has 0 saturated carbocycles. The Morgan fingerprint density at radius 3 is 2.15 bits per heavy atom. The normalized spacial score (nSPS) is 11.2. The highest BCUT2D eigenvalue weighted by atomic mass is 32.2.